The molecular formula is C17H13NO5. The van der Waals surface area contributed by atoms with Crippen LogP contribution in [-0.2, 0) is 0 Å². The highest BCUT2D eigenvalue weighted by molar-refractivity contribution is 6.08. The summed E-state index contributed by atoms with van der Waals surface area (Å²) < 4.78 is 9.96. The van der Waals surface area contributed by atoms with Gasteiger partial charge in [0.15, 0.2) is 12.4 Å². The third kappa shape index (κ3) is 4.08. The molecule has 0 fully saturated rings. The van der Waals surface area contributed by atoms with Gasteiger partial charge in [0.25, 0.3) is 0 Å². The lowest BCUT2D eigenvalue weighted by Gasteiger charge is -2.02. The van der Waals surface area contributed by atoms with Gasteiger partial charge < -0.3 is 14.3 Å². The van der Waals surface area contributed by atoms with Crippen LogP contribution in [0.25, 0.3) is 6.08 Å². The molecule has 116 valence electrons. The Morgan fingerprint density at radius 3 is 2.91 bits per heavy atom. The molecule has 0 bridgehead atoms. The monoisotopic (exact) mass is 311 g/mol. The summed E-state index contributed by atoms with van der Waals surface area (Å²) >= 11 is 0. The average Bonchev–Trinajstić information content (AvgIpc) is 2.50. The van der Waals surface area contributed by atoms with Gasteiger partial charge in [0, 0.05) is 6.07 Å². The summed E-state index contributed by atoms with van der Waals surface area (Å²) in [7, 11) is 0. The van der Waals surface area contributed by atoms with E-state index in [1.165, 1.54) is 19.1 Å². The molecule has 0 amide bonds. The summed E-state index contributed by atoms with van der Waals surface area (Å²) in [4.78, 5) is 23.7. The van der Waals surface area contributed by atoms with E-state index in [2.05, 4.69) is 0 Å². The number of nitriles is 1. The molecule has 0 saturated carbocycles. The number of allylic oxidation sites excluding steroid dienone is 1. The SMILES string of the molecule is Cc1cc(O)c(C(=O)/C=C/c2cccc(OCC#N)c2)c(=O)o1. The highest BCUT2D eigenvalue weighted by Gasteiger charge is 2.15. The van der Waals surface area contributed by atoms with Gasteiger partial charge in [-0.15, -0.1) is 0 Å². The number of hydrogen-bond acceptors (Lipinski definition) is 6. The predicted molar refractivity (Wildman–Crippen MR) is 82.3 cm³/mol. The fraction of sp³-hybridized carbons (Fsp3) is 0.118. The molecular weight excluding hydrogens is 298 g/mol. The molecule has 1 aromatic heterocycles. The Kier molecular flexibility index (Phi) is 4.95. The second-order valence-corrected chi connectivity index (χ2v) is 4.62. The molecule has 2 rings (SSSR count). The lowest BCUT2D eigenvalue weighted by molar-refractivity contribution is 0.104. The topological polar surface area (TPSA) is 101 Å². The van der Waals surface area contributed by atoms with E-state index in [9.17, 15) is 14.7 Å². The number of carbonyl (C=O) groups excluding carboxylic acids is 1. The van der Waals surface area contributed by atoms with E-state index in [4.69, 9.17) is 14.4 Å². The zero-order valence-electron chi connectivity index (χ0n) is 12.3. The Labute approximate surface area is 131 Å². The molecule has 0 aliphatic carbocycles. The van der Waals surface area contributed by atoms with Crippen molar-refractivity contribution < 1.29 is 19.1 Å². The van der Waals surface area contributed by atoms with Gasteiger partial charge in [0.1, 0.15) is 28.9 Å². The number of ether oxygens (including phenoxy) is 1. The van der Waals surface area contributed by atoms with E-state index >= 15 is 0 Å². The van der Waals surface area contributed by atoms with Crippen molar-refractivity contribution in [2.24, 2.45) is 0 Å². The number of aromatic hydroxyl groups is 1. The minimum absolute atomic E-state index is 0.0790. The first-order valence-electron chi connectivity index (χ1n) is 6.67. The molecule has 0 unspecified atom stereocenters. The van der Waals surface area contributed by atoms with Crippen molar-refractivity contribution in [1.29, 1.82) is 5.26 Å². The molecule has 0 atom stereocenters. The maximum Gasteiger partial charge on any atom is 0.351 e. The fourth-order valence-electron chi connectivity index (χ4n) is 1.90. The zero-order chi connectivity index (χ0) is 16.8. The second kappa shape index (κ2) is 7.09. The Balaban J connectivity index is 2.22. The summed E-state index contributed by atoms with van der Waals surface area (Å²) in [5, 5.41) is 18.2. The van der Waals surface area contributed by atoms with Crippen LogP contribution in [0.2, 0.25) is 0 Å². The number of benzene rings is 1. The molecule has 6 nitrogen and oxygen atoms in total. The number of nitrogens with zero attached hydrogens (tertiary/aromatic N) is 1. The number of hydrogen-bond donors (Lipinski definition) is 1. The van der Waals surface area contributed by atoms with Crippen LogP contribution in [-0.4, -0.2) is 17.5 Å². The fourth-order valence-corrected chi connectivity index (χ4v) is 1.90. The van der Waals surface area contributed by atoms with Crippen molar-refractivity contribution in [2.45, 2.75) is 6.92 Å². The van der Waals surface area contributed by atoms with E-state index in [-0.39, 0.29) is 12.4 Å². The number of carbonyl (C=O) groups is 1. The minimum Gasteiger partial charge on any atom is -0.507 e. The molecule has 6 heteroatoms. The highest BCUT2D eigenvalue weighted by Crippen LogP contribution is 2.17. The molecule has 1 heterocycles. The zero-order valence-corrected chi connectivity index (χ0v) is 12.3. The third-order valence-corrected chi connectivity index (χ3v) is 2.89. The Morgan fingerprint density at radius 2 is 2.22 bits per heavy atom. The lowest BCUT2D eigenvalue weighted by atomic mass is 10.1. The van der Waals surface area contributed by atoms with Gasteiger partial charge in [0.05, 0.1) is 0 Å². The van der Waals surface area contributed by atoms with Gasteiger partial charge >= 0.3 is 5.63 Å². The van der Waals surface area contributed by atoms with Gasteiger partial charge in [0.2, 0.25) is 0 Å². The normalized spacial score (nSPS) is 10.4. The predicted octanol–water partition coefficient (Wildman–Crippen LogP) is 2.45. The van der Waals surface area contributed by atoms with Gasteiger partial charge in [-0.05, 0) is 30.7 Å². The lowest BCUT2D eigenvalue weighted by Crippen LogP contribution is -2.12. The van der Waals surface area contributed by atoms with Crippen molar-refractivity contribution in [1.82, 2.24) is 0 Å². The van der Waals surface area contributed by atoms with Crippen LogP contribution in [0.1, 0.15) is 21.7 Å². The smallest absolute Gasteiger partial charge is 0.351 e. The van der Waals surface area contributed by atoms with E-state index < -0.39 is 22.7 Å². The van der Waals surface area contributed by atoms with Crippen LogP contribution < -0.4 is 10.4 Å². The van der Waals surface area contributed by atoms with Gasteiger partial charge in [-0.25, -0.2) is 4.79 Å². The average molecular weight is 311 g/mol. The summed E-state index contributed by atoms with van der Waals surface area (Å²) in [5.74, 6) is -0.381. The molecule has 2 aromatic rings. The van der Waals surface area contributed by atoms with Crippen LogP contribution in [0, 0.1) is 18.3 Å². The van der Waals surface area contributed by atoms with E-state index in [0.717, 1.165) is 6.08 Å². The molecule has 0 saturated heterocycles. The maximum absolute atomic E-state index is 12.0. The van der Waals surface area contributed by atoms with Gasteiger partial charge in [-0.3, -0.25) is 4.79 Å². The largest absolute Gasteiger partial charge is 0.507 e. The Morgan fingerprint density at radius 1 is 1.43 bits per heavy atom. The number of aryl methyl sites for hydroxylation is 1. The highest BCUT2D eigenvalue weighted by atomic mass is 16.5. The standard InChI is InChI=1S/C17H13NO5/c1-11-9-15(20)16(17(21)23-11)14(19)6-5-12-3-2-4-13(10-12)22-8-7-18/h2-6,9-10,20H,8H2,1H3/b6-5+. The molecule has 0 spiro atoms. The molecule has 0 radical (unpaired) electrons. The summed E-state index contributed by atoms with van der Waals surface area (Å²) in [5.41, 5.74) is -0.656. The Bertz CT molecular complexity index is 858. The third-order valence-electron chi connectivity index (χ3n) is 2.89. The number of ketones is 1. The van der Waals surface area contributed by atoms with E-state index in [0.29, 0.717) is 11.3 Å². The molecule has 23 heavy (non-hydrogen) atoms. The van der Waals surface area contributed by atoms with Gasteiger partial charge in [-0.2, -0.15) is 5.26 Å². The summed E-state index contributed by atoms with van der Waals surface area (Å²) in [6, 6.07) is 9.80. The number of rotatable bonds is 5. The summed E-state index contributed by atoms with van der Waals surface area (Å²) in [6.45, 7) is 1.42. The molecule has 1 N–H and O–H groups in total. The van der Waals surface area contributed by atoms with Crippen molar-refractivity contribution >= 4 is 11.9 Å². The molecule has 1 aromatic carbocycles. The van der Waals surface area contributed by atoms with Crippen LogP contribution in [0.4, 0.5) is 0 Å². The minimum atomic E-state index is -0.886. The van der Waals surface area contributed by atoms with Crippen LogP contribution in [0.3, 0.4) is 0 Å². The van der Waals surface area contributed by atoms with Crippen LogP contribution in [0.5, 0.6) is 11.5 Å². The van der Waals surface area contributed by atoms with Gasteiger partial charge in [-0.1, -0.05) is 18.2 Å². The molecule has 0 aliphatic rings. The van der Waals surface area contributed by atoms with Crippen molar-refractivity contribution in [3.63, 3.8) is 0 Å². The second-order valence-electron chi connectivity index (χ2n) is 4.62. The van der Waals surface area contributed by atoms with E-state index in [1.54, 1.807) is 24.3 Å². The van der Waals surface area contributed by atoms with Crippen LogP contribution in [0.15, 0.2) is 45.6 Å². The van der Waals surface area contributed by atoms with E-state index in [1.807, 2.05) is 6.07 Å². The quantitative estimate of drug-likeness (QED) is 0.672. The first-order chi connectivity index (χ1) is 11.0. The summed E-state index contributed by atoms with van der Waals surface area (Å²) in [6.07, 6.45) is 2.63. The molecule has 0 aliphatic heterocycles. The van der Waals surface area contributed by atoms with Crippen LogP contribution >= 0.6 is 0 Å². The maximum atomic E-state index is 12.0. The first-order valence-corrected chi connectivity index (χ1v) is 6.67. The van der Waals surface area contributed by atoms with Crippen molar-refractivity contribution in [3.8, 4) is 17.6 Å². The van der Waals surface area contributed by atoms with Crippen molar-refractivity contribution in [3.05, 3.63) is 63.7 Å². The Hall–Kier alpha value is -3.33. The first kappa shape index (κ1) is 16.0. The van der Waals surface area contributed by atoms with Crippen molar-refractivity contribution in [2.75, 3.05) is 6.61 Å².